The highest BCUT2D eigenvalue weighted by Gasteiger charge is 2.54. The molecule has 0 radical (unpaired) electrons. The van der Waals surface area contributed by atoms with Gasteiger partial charge >= 0.3 is 24.2 Å². The van der Waals surface area contributed by atoms with Crippen LogP contribution in [0, 0.1) is 25.2 Å². The predicted molar refractivity (Wildman–Crippen MR) is 57.5 cm³/mol. The highest BCUT2D eigenvalue weighted by molar-refractivity contribution is 6.18. The summed E-state index contributed by atoms with van der Waals surface area (Å²) in [4.78, 5) is 21.1. The average molecular weight is 328 g/mol. The summed E-state index contributed by atoms with van der Waals surface area (Å²) >= 11 is 0. The first-order chi connectivity index (χ1) is 9.82. The number of carbonyl (C=O) groups excluding carboxylic acids is 2. The molecule has 2 amide bonds. The lowest BCUT2D eigenvalue weighted by Gasteiger charge is -2.20. The molecule has 1 rings (SSSR count). The summed E-state index contributed by atoms with van der Waals surface area (Å²) in [6, 6.07) is 1.30. The zero-order valence-electron chi connectivity index (χ0n) is 10.9. The number of anilines is 1. The van der Waals surface area contributed by atoms with Crippen LogP contribution in [0.25, 0.3) is 0 Å². The molecule has 0 N–H and O–H groups in total. The number of rotatable bonds is 1. The summed E-state index contributed by atoms with van der Waals surface area (Å²) in [6.45, 7) is 2.32. The molecule has 1 aromatic heterocycles. The molecule has 0 aliphatic rings. The molecule has 0 fully saturated rings. The van der Waals surface area contributed by atoms with Gasteiger partial charge in [0.15, 0.2) is 0 Å². The van der Waals surface area contributed by atoms with E-state index in [1.807, 2.05) is 0 Å². The van der Waals surface area contributed by atoms with Crippen molar-refractivity contribution in [3.63, 3.8) is 0 Å². The van der Waals surface area contributed by atoms with E-state index in [9.17, 15) is 35.9 Å². The Morgan fingerprint density at radius 2 is 1.45 bits per heavy atom. The van der Waals surface area contributed by atoms with Crippen molar-refractivity contribution in [2.24, 2.45) is 0 Å². The molecule has 0 saturated carbocycles. The molecule has 0 aliphatic heterocycles. The highest BCUT2D eigenvalue weighted by Crippen LogP contribution is 2.34. The molecule has 22 heavy (non-hydrogen) atoms. The van der Waals surface area contributed by atoms with Gasteiger partial charge in [-0.15, -0.1) is 0 Å². The second kappa shape index (κ2) is 5.36. The van der Waals surface area contributed by atoms with E-state index in [0.29, 0.717) is 0 Å². The number of halogens is 6. The van der Waals surface area contributed by atoms with Crippen LogP contribution in [0.5, 0.6) is 0 Å². The van der Waals surface area contributed by atoms with Crippen LogP contribution < -0.4 is 4.90 Å². The molecule has 0 bridgehead atoms. The molecule has 11 heteroatoms. The lowest BCUT2D eigenvalue weighted by atomic mass is 10.2. The first kappa shape index (κ1) is 17.5. The molecule has 0 aliphatic carbocycles. The first-order valence-corrected chi connectivity index (χ1v) is 5.34. The summed E-state index contributed by atoms with van der Waals surface area (Å²) in [7, 11) is 0. The van der Waals surface area contributed by atoms with E-state index in [-0.39, 0.29) is 11.3 Å². The fourth-order valence-corrected chi connectivity index (χ4v) is 1.43. The van der Waals surface area contributed by atoms with Gasteiger partial charge in [0, 0.05) is 5.56 Å². The van der Waals surface area contributed by atoms with Gasteiger partial charge in [-0.3, -0.25) is 9.59 Å². The van der Waals surface area contributed by atoms with Gasteiger partial charge in [0.05, 0.1) is 0 Å². The van der Waals surface area contributed by atoms with Gasteiger partial charge in [-0.25, -0.2) is 4.90 Å². The van der Waals surface area contributed by atoms with Crippen LogP contribution in [0.4, 0.5) is 32.2 Å². The SMILES string of the molecule is Cc1oc(N(C(=O)C(F)(F)F)C(=O)C(F)(F)F)c(C#N)c1C. The molecule has 0 aromatic carbocycles. The van der Waals surface area contributed by atoms with Crippen molar-refractivity contribution in [1.29, 1.82) is 5.26 Å². The van der Waals surface area contributed by atoms with E-state index in [1.54, 1.807) is 0 Å². The van der Waals surface area contributed by atoms with Crippen molar-refractivity contribution in [2.45, 2.75) is 26.2 Å². The van der Waals surface area contributed by atoms with Crippen molar-refractivity contribution >= 4 is 17.7 Å². The molecular formula is C11H6F6N2O3. The number of imide groups is 1. The van der Waals surface area contributed by atoms with Gasteiger partial charge in [0.2, 0.25) is 5.88 Å². The van der Waals surface area contributed by atoms with Crippen molar-refractivity contribution in [3.8, 4) is 6.07 Å². The predicted octanol–water partition coefficient (Wildman–Crippen LogP) is 2.75. The Morgan fingerprint density at radius 3 is 1.77 bits per heavy atom. The fraction of sp³-hybridized carbons (Fsp3) is 0.364. The van der Waals surface area contributed by atoms with Crippen LogP contribution in [0.3, 0.4) is 0 Å². The summed E-state index contributed by atoms with van der Waals surface area (Å²) < 4.78 is 79.2. The standard InChI is InChI=1S/C11H6F6N2O3/c1-4-5(2)22-7(6(4)3-18)19(8(20)10(12,13)14)9(21)11(15,16)17/h1-2H3. The number of alkyl halides is 6. The molecule has 0 saturated heterocycles. The Labute approximate surface area is 118 Å². The van der Waals surface area contributed by atoms with E-state index in [1.165, 1.54) is 13.0 Å². The number of nitrogens with zero attached hydrogens (tertiary/aromatic N) is 2. The lowest BCUT2D eigenvalue weighted by molar-refractivity contribution is -0.182. The third-order valence-electron chi connectivity index (χ3n) is 2.57. The van der Waals surface area contributed by atoms with E-state index >= 15 is 0 Å². The van der Waals surface area contributed by atoms with Gasteiger partial charge in [0.25, 0.3) is 0 Å². The molecule has 1 heterocycles. The second-order valence-electron chi connectivity index (χ2n) is 4.02. The lowest BCUT2D eigenvalue weighted by Crippen LogP contribution is -2.50. The quantitative estimate of drug-likeness (QED) is 0.743. The van der Waals surface area contributed by atoms with Gasteiger partial charge < -0.3 is 4.42 Å². The van der Waals surface area contributed by atoms with Gasteiger partial charge in [-0.1, -0.05) is 0 Å². The van der Waals surface area contributed by atoms with Crippen LogP contribution in [0.1, 0.15) is 16.9 Å². The third-order valence-corrected chi connectivity index (χ3v) is 2.57. The molecule has 5 nitrogen and oxygen atoms in total. The van der Waals surface area contributed by atoms with Crippen LogP contribution in [0.15, 0.2) is 4.42 Å². The first-order valence-electron chi connectivity index (χ1n) is 5.34. The zero-order chi connectivity index (χ0) is 17.5. The summed E-state index contributed by atoms with van der Waals surface area (Å²) in [6.07, 6.45) is -11.6. The summed E-state index contributed by atoms with van der Waals surface area (Å²) in [5.74, 6) is -7.84. The molecule has 0 atom stereocenters. The van der Waals surface area contributed by atoms with Crippen molar-refractivity contribution in [3.05, 3.63) is 16.9 Å². The van der Waals surface area contributed by atoms with Crippen LogP contribution in [-0.4, -0.2) is 24.2 Å². The van der Waals surface area contributed by atoms with Gasteiger partial charge in [-0.2, -0.15) is 31.6 Å². The topological polar surface area (TPSA) is 74.3 Å². The largest absolute Gasteiger partial charge is 0.472 e. The van der Waals surface area contributed by atoms with Crippen LogP contribution >= 0.6 is 0 Å². The van der Waals surface area contributed by atoms with Gasteiger partial charge in [0.1, 0.15) is 17.4 Å². The van der Waals surface area contributed by atoms with E-state index in [0.717, 1.165) is 6.92 Å². The van der Waals surface area contributed by atoms with E-state index in [4.69, 9.17) is 5.26 Å². The number of hydrogen-bond acceptors (Lipinski definition) is 4. The number of carbonyl (C=O) groups is 2. The Bertz CT molecular complexity index is 639. The number of furan rings is 1. The molecule has 0 spiro atoms. The molecule has 0 unspecified atom stereocenters. The molecular weight excluding hydrogens is 322 g/mol. The highest BCUT2D eigenvalue weighted by atomic mass is 19.4. The van der Waals surface area contributed by atoms with Crippen molar-refractivity contribution in [1.82, 2.24) is 0 Å². The van der Waals surface area contributed by atoms with E-state index < -0.39 is 40.5 Å². The second-order valence-corrected chi connectivity index (χ2v) is 4.02. The van der Waals surface area contributed by atoms with E-state index in [2.05, 4.69) is 4.42 Å². The maximum absolute atomic E-state index is 12.4. The zero-order valence-corrected chi connectivity index (χ0v) is 10.9. The Balaban J connectivity index is 3.61. The number of amides is 2. The Hall–Kier alpha value is -2.51. The Kier molecular flexibility index (Phi) is 4.27. The smallest absolute Gasteiger partial charge is 0.443 e. The number of aryl methyl sites for hydroxylation is 1. The minimum absolute atomic E-state index is 0.0903. The molecule has 1 aromatic rings. The number of hydrogen-bond donors (Lipinski definition) is 0. The average Bonchev–Trinajstić information content (AvgIpc) is 2.63. The monoisotopic (exact) mass is 328 g/mol. The number of nitriles is 1. The van der Waals surface area contributed by atoms with Gasteiger partial charge in [-0.05, 0) is 13.8 Å². The minimum atomic E-state index is -5.78. The summed E-state index contributed by atoms with van der Waals surface area (Å²) in [5, 5.41) is 8.81. The maximum Gasteiger partial charge on any atom is 0.472 e. The summed E-state index contributed by atoms with van der Waals surface area (Å²) in [5.41, 5.74) is -0.861. The fourth-order valence-electron chi connectivity index (χ4n) is 1.43. The van der Waals surface area contributed by atoms with Crippen LogP contribution in [0.2, 0.25) is 0 Å². The minimum Gasteiger partial charge on any atom is -0.443 e. The van der Waals surface area contributed by atoms with Crippen LogP contribution in [-0.2, 0) is 9.59 Å². The molecule has 120 valence electrons. The van der Waals surface area contributed by atoms with Crippen molar-refractivity contribution in [2.75, 3.05) is 4.90 Å². The third kappa shape index (κ3) is 3.05. The Morgan fingerprint density at radius 1 is 1.05 bits per heavy atom. The van der Waals surface area contributed by atoms with Crippen molar-refractivity contribution < 1.29 is 40.3 Å². The normalized spacial score (nSPS) is 12.0. The maximum atomic E-state index is 12.4.